The summed E-state index contributed by atoms with van der Waals surface area (Å²) in [6.45, 7) is 10.0. The van der Waals surface area contributed by atoms with Crippen LogP contribution in [0, 0.1) is 5.92 Å². The molecule has 1 aliphatic carbocycles. The summed E-state index contributed by atoms with van der Waals surface area (Å²) in [5.41, 5.74) is 3.33. The van der Waals surface area contributed by atoms with Crippen LogP contribution in [0.4, 0.5) is 0 Å². The molecule has 0 N–H and O–H groups in total. The van der Waals surface area contributed by atoms with E-state index >= 15 is 0 Å². The minimum atomic E-state index is -3.45. The molecule has 0 amide bonds. The summed E-state index contributed by atoms with van der Waals surface area (Å²) in [6.07, 6.45) is 9.01. The highest BCUT2D eigenvalue weighted by Crippen LogP contribution is 2.56. The summed E-state index contributed by atoms with van der Waals surface area (Å²) in [7, 11) is -2.05. The van der Waals surface area contributed by atoms with Gasteiger partial charge in [-0.3, -0.25) is 4.79 Å². The highest BCUT2D eigenvalue weighted by molar-refractivity contribution is 7.54. The molecule has 33 heavy (non-hydrogen) atoms. The minimum Gasteiger partial charge on any atom is -0.466 e. The van der Waals surface area contributed by atoms with Gasteiger partial charge in [0, 0.05) is 31.4 Å². The fourth-order valence-electron chi connectivity index (χ4n) is 4.60. The zero-order valence-corrected chi connectivity index (χ0v) is 21.2. The number of benzene rings is 1. The largest absolute Gasteiger partial charge is 0.466 e. The Hall–Kier alpha value is -2.04. The molecule has 0 spiro atoms. The number of hydrogen-bond donors (Lipinski definition) is 0. The number of carbonyl (C=O) groups is 1. The zero-order valence-electron chi connectivity index (χ0n) is 20.4. The molecule has 0 aromatic heterocycles. The van der Waals surface area contributed by atoms with Gasteiger partial charge in [0.15, 0.2) is 0 Å². The number of aryl methyl sites for hydroxylation is 1. The van der Waals surface area contributed by atoms with Crippen molar-refractivity contribution in [1.29, 1.82) is 0 Å². The van der Waals surface area contributed by atoms with Crippen molar-refractivity contribution in [3.8, 4) is 11.5 Å². The van der Waals surface area contributed by atoms with E-state index < -0.39 is 7.60 Å². The fraction of sp³-hybridized carbons (Fsp3) is 0.577. The molecule has 2 aliphatic rings. The van der Waals surface area contributed by atoms with E-state index in [2.05, 4.69) is 32.6 Å². The first-order valence-electron chi connectivity index (χ1n) is 11.9. The second-order valence-corrected chi connectivity index (χ2v) is 11.2. The first kappa shape index (κ1) is 25.6. The molecule has 182 valence electrons. The van der Waals surface area contributed by atoms with Crippen molar-refractivity contribution in [3.63, 3.8) is 0 Å². The number of allylic oxidation sites excluding steroid dienone is 3. The smallest absolute Gasteiger partial charge is 0.379 e. The Morgan fingerprint density at radius 2 is 2.06 bits per heavy atom. The van der Waals surface area contributed by atoms with Crippen molar-refractivity contribution < 1.29 is 27.9 Å². The number of unbranched alkanes of at least 4 members (excludes halogenated alkanes) is 2. The predicted molar refractivity (Wildman–Crippen MR) is 130 cm³/mol. The molecule has 1 aliphatic heterocycles. The van der Waals surface area contributed by atoms with Crippen LogP contribution < -0.4 is 9.26 Å². The summed E-state index contributed by atoms with van der Waals surface area (Å²) in [4.78, 5) is 11.0. The SMILES string of the molecule is C=C1Oc2cc(CCCCC)cc(OP(=O)(CCCOC(C)=O)OC)c2C2C=C(C)CCC12. The molecule has 6 nitrogen and oxygen atoms in total. The molecule has 3 atom stereocenters. The molecule has 0 saturated heterocycles. The van der Waals surface area contributed by atoms with Gasteiger partial charge < -0.3 is 18.5 Å². The van der Waals surface area contributed by atoms with Crippen LogP contribution in [0.3, 0.4) is 0 Å². The predicted octanol–water partition coefficient (Wildman–Crippen LogP) is 6.94. The standard InChI is InChI=1S/C26H37O6P/c1-6-7-8-10-21-16-24-26(23-15-18(2)11-12-22(23)19(3)31-24)25(17-21)32-33(28,29-5)14-9-13-30-20(4)27/h15-17,22-23H,3,6-14H2,1-2,4-5H3. The Bertz CT molecular complexity index is 950. The van der Waals surface area contributed by atoms with E-state index in [4.69, 9.17) is 18.5 Å². The van der Waals surface area contributed by atoms with Crippen molar-refractivity contribution in [1.82, 2.24) is 0 Å². The zero-order chi connectivity index (χ0) is 24.0. The Kier molecular flexibility index (Phi) is 8.83. The minimum absolute atomic E-state index is 0.0704. The third-order valence-corrected chi connectivity index (χ3v) is 8.26. The van der Waals surface area contributed by atoms with E-state index in [9.17, 15) is 9.36 Å². The van der Waals surface area contributed by atoms with E-state index in [-0.39, 0.29) is 30.6 Å². The van der Waals surface area contributed by atoms with Gasteiger partial charge >= 0.3 is 13.6 Å². The average Bonchev–Trinajstić information content (AvgIpc) is 2.76. The average molecular weight is 477 g/mol. The number of ether oxygens (including phenoxy) is 2. The lowest BCUT2D eigenvalue weighted by Gasteiger charge is -2.38. The van der Waals surface area contributed by atoms with Gasteiger partial charge in [0.1, 0.15) is 17.3 Å². The van der Waals surface area contributed by atoms with E-state index in [0.29, 0.717) is 12.2 Å². The first-order valence-corrected chi connectivity index (χ1v) is 13.7. The molecule has 7 heteroatoms. The third-order valence-electron chi connectivity index (χ3n) is 6.37. The van der Waals surface area contributed by atoms with Crippen molar-refractivity contribution in [2.24, 2.45) is 5.92 Å². The lowest BCUT2D eigenvalue weighted by Crippen LogP contribution is -2.26. The third kappa shape index (κ3) is 6.51. The van der Waals surface area contributed by atoms with E-state index in [1.54, 1.807) is 0 Å². The number of rotatable bonds is 11. The van der Waals surface area contributed by atoms with Crippen LogP contribution in [0.5, 0.6) is 11.5 Å². The van der Waals surface area contributed by atoms with Crippen molar-refractivity contribution in [3.05, 3.63) is 47.2 Å². The quantitative estimate of drug-likeness (QED) is 0.149. The number of carbonyl (C=O) groups excluding carboxylic acids is 1. The highest BCUT2D eigenvalue weighted by Gasteiger charge is 2.38. The molecule has 1 heterocycles. The van der Waals surface area contributed by atoms with Gasteiger partial charge in [0.05, 0.1) is 12.8 Å². The van der Waals surface area contributed by atoms with Gasteiger partial charge in [-0.25, -0.2) is 4.57 Å². The maximum Gasteiger partial charge on any atom is 0.379 e. The topological polar surface area (TPSA) is 71.1 Å². The summed E-state index contributed by atoms with van der Waals surface area (Å²) < 4.78 is 36.2. The van der Waals surface area contributed by atoms with Gasteiger partial charge in [-0.15, -0.1) is 0 Å². The van der Waals surface area contributed by atoms with Crippen molar-refractivity contribution >= 4 is 13.6 Å². The molecule has 1 aromatic rings. The van der Waals surface area contributed by atoms with Crippen molar-refractivity contribution in [2.45, 2.75) is 71.6 Å². The lowest BCUT2D eigenvalue weighted by molar-refractivity contribution is -0.140. The van der Waals surface area contributed by atoms with Crippen LogP contribution in [0.25, 0.3) is 0 Å². The molecular formula is C26H37O6P. The van der Waals surface area contributed by atoms with Crippen LogP contribution in [0.15, 0.2) is 36.1 Å². The number of hydrogen-bond acceptors (Lipinski definition) is 6. The Morgan fingerprint density at radius 3 is 2.76 bits per heavy atom. The molecule has 0 saturated carbocycles. The molecular weight excluding hydrogens is 439 g/mol. The summed E-state index contributed by atoms with van der Waals surface area (Å²) in [5.74, 6) is 1.95. The van der Waals surface area contributed by atoms with Gasteiger partial charge in [0.2, 0.25) is 0 Å². The lowest BCUT2D eigenvalue weighted by atomic mass is 9.74. The fourth-order valence-corrected chi connectivity index (χ4v) is 5.91. The highest BCUT2D eigenvalue weighted by atomic mass is 31.2. The van der Waals surface area contributed by atoms with Crippen LogP contribution in [0.1, 0.15) is 76.3 Å². The van der Waals surface area contributed by atoms with Gasteiger partial charge in [-0.1, -0.05) is 38.0 Å². The monoisotopic (exact) mass is 476 g/mol. The Labute approximate surface area is 197 Å². The van der Waals surface area contributed by atoms with Crippen LogP contribution >= 0.6 is 7.60 Å². The number of esters is 1. The molecule has 3 unspecified atom stereocenters. The second-order valence-electron chi connectivity index (χ2n) is 9.02. The summed E-state index contributed by atoms with van der Waals surface area (Å²) in [5, 5.41) is 0. The molecule has 3 rings (SSSR count). The van der Waals surface area contributed by atoms with Gasteiger partial charge in [0.25, 0.3) is 0 Å². The normalized spacial score (nSPS) is 21.2. The maximum atomic E-state index is 13.5. The molecule has 0 fully saturated rings. The van der Waals surface area contributed by atoms with Gasteiger partial charge in [-0.05, 0) is 56.7 Å². The maximum absolute atomic E-state index is 13.5. The Balaban J connectivity index is 1.96. The molecule has 0 radical (unpaired) electrons. The molecule has 1 aromatic carbocycles. The van der Waals surface area contributed by atoms with E-state index in [0.717, 1.165) is 61.2 Å². The van der Waals surface area contributed by atoms with E-state index in [1.165, 1.54) is 19.6 Å². The van der Waals surface area contributed by atoms with Crippen LogP contribution in [0.2, 0.25) is 0 Å². The number of fused-ring (bicyclic) bond motifs is 3. The van der Waals surface area contributed by atoms with Crippen LogP contribution in [-0.4, -0.2) is 25.8 Å². The first-order chi connectivity index (χ1) is 15.8. The second kappa shape index (κ2) is 11.4. The van der Waals surface area contributed by atoms with Crippen molar-refractivity contribution in [2.75, 3.05) is 19.9 Å². The summed E-state index contributed by atoms with van der Waals surface area (Å²) >= 11 is 0. The van der Waals surface area contributed by atoms with E-state index in [1.807, 2.05) is 6.07 Å². The molecule has 0 bridgehead atoms. The van der Waals surface area contributed by atoms with Gasteiger partial charge in [-0.2, -0.15) is 0 Å². The Morgan fingerprint density at radius 1 is 1.27 bits per heavy atom. The van der Waals surface area contributed by atoms with Crippen LogP contribution in [-0.2, 0) is 25.0 Å². The summed E-state index contributed by atoms with van der Waals surface area (Å²) in [6, 6.07) is 4.08.